The van der Waals surface area contributed by atoms with Gasteiger partial charge in [0, 0.05) is 42.2 Å². The van der Waals surface area contributed by atoms with Crippen molar-refractivity contribution < 1.29 is 4.79 Å². The van der Waals surface area contributed by atoms with E-state index in [-0.39, 0.29) is 17.9 Å². The first-order chi connectivity index (χ1) is 12.6. The second-order valence-electron chi connectivity index (χ2n) is 5.98. The summed E-state index contributed by atoms with van der Waals surface area (Å²) in [4.78, 5) is 35.6. The maximum atomic E-state index is 12.4. The average molecular weight is 348 g/mol. The number of aromatic nitrogens is 3. The molecule has 26 heavy (non-hydrogen) atoms. The largest absolute Gasteiger partial charge is 0.352 e. The summed E-state index contributed by atoms with van der Waals surface area (Å²) in [5.74, 6) is 0.415. The first-order valence-corrected chi connectivity index (χ1v) is 8.44. The Bertz CT molecular complexity index is 937. The molecule has 0 aliphatic carbocycles. The molecular formula is C20H20N4O2. The maximum absolute atomic E-state index is 12.4. The number of carbonyl (C=O) groups is 1. The fraction of sp³-hybridized carbons (Fsp3) is 0.200. The number of nitrogens with zero attached hydrogens (tertiary/aromatic N) is 2. The molecule has 0 aliphatic rings. The van der Waals surface area contributed by atoms with Gasteiger partial charge in [-0.3, -0.25) is 14.6 Å². The van der Waals surface area contributed by atoms with E-state index in [1.54, 1.807) is 31.5 Å². The monoisotopic (exact) mass is 348 g/mol. The van der Waals surface area contributed by atoms with Crippen molar-refractivity contribution in [3.8, 4) is 11.4 Å². The van der Waals surface area contributed by atoms with Gasteiger partial charge in [0.05, 0.1) is 0 Å². The number of pyridine rings is 1. The van der Waals surface area contributed by atoms with Crippen molar-refractivity contribution in [2.75, 3.05) is 0 Å². The first-order valence-electron chi connectivity index (χ1n) is 8.44. The summed E-state index contributed by atoms with van der Waals surface area (Å²) in [5.41, 5.74) is 2.81. The van der Waals surface area contributed by atoms with Crippen molar-refractivity contribution >= 4 is 5.91 Å². The zero-order chi connectivity index (χ0) is 18.4. The minimum Gasteiger partial charge on any atom is -0.352 e. The Morgan fingerprint density at radius 2 is 1.85 bits per heavy atom. The molecular weight excluding hydrogens is 328 g/mol. The number of aromatic amines is 1. The van der Waals surface area contributed by atoms with Crippen LogP contribution >= 0.6 is 0 Å². The van der Waals surface area contributed by atoms with E-state index < -0.39 is 0 Å². The minimum absolute atomic E-state index is 0.0918. The van der Waals surface area contributed by atoms with E-state index in [2.05, 4.69) is 20.3 Å². The number of hydrogen-bond donors (Lipinski definition) is 2. The molecule has 3 rings (SSSR count). The summed E-state index contributed by atoms with van der Waals surface area (Å²) in [6.07, 6.45) is 3.89. The Labute approximate surface area is 151 Å². The molecule has 3 aromatic rings. The van der Waals surface area contributed by atoms with Gasteiger partial charge < -0.3 is 10.3 Å². The number of H-pyrrole nitrogens is 1. The number of nitrogens with one attached hydrogen (secondary N) is 2. The van der Waals surface area contributed by atoms with Crippen LogP contribution in [0.4, 0.5) is 0 Å². The lowest BCUT2D eigenvalue weighted by Crippen LogP contribution is -2.25. The van der Waals surface area contributed by atoms with E-state index in [1.165, 1.54) is 0 Å². The van der Waals surface area contributed by atoms with E-state index in [4.69, 9.17) is 0 Å². The first kappa shape index (κ1) is 17.5. The lowest BCUT2D eigenvalue weighted by Gasteiger charge is -2.08. The summed E-state index contributed by atoms with van der Waals surface area (Å²) in [6.45, 7) is 2.27. The van der Waals surface area contributed by atoms with Gasteiger partial charge in [-0.2, -0.15) is 0 Å². The second-order valence-corrected chi connectivity index (χ2v) is 5.98. The minimum atomic E-state index is -0.208. The van der Waals surface area contributed by atoms with E-state index in [1.807, 2.05) is 30.3 Å². The van der Waals surface area contributed by atoms with Crippen LogP contribution in [0.25, 0.3) is 11.4 Å². The molecule has 0 bridgehead atoms. The van der Waals surface area contributed by atoms with Gasteiger partial charge in [-0.15, -0.1) is 0 Å². The summed E-state index contributed by atoms with van der Waals surface area (Å²) in [7, 11) is 0. The van der Waals surface area contributed by atoms with Gasteiger partial charge in [-0.05, 0) is 31.0 Å². The molecule has 0 saturated carbocycles. The van der Waals surface area contributed by atoms with Gasteiger partial charge in [-0.1, -0.05) is 30.3 Å². The van der Waals surface area contributed by atoms with Gasteiger partial charge in [-0.25, -0.2) is 4.98 Å². The van der Waals surface area contributed by atoms with Gasteiger partial charge in [0.2, 0.25) is 5.91 Å². The molecule has 0 saturated heterocycles. The molecule has 1 amide bonds. The van der Waals surface area contributed by atoms with Crippen molar-refractivity contribution in [3.05, 3.63) is 82.0 Å². The van der Waals surface area contributed by atoms with Crippen LogP contribution in [0.2, 0.25) is 0 Å². The van der Waals surface area contributed by atoms with Crippen LogP contribution in [0.15, 0.2) is 59.7 Å². The summed E-state index contributed by atoms with van der Waals surface area (Å²) in [5, 5.41) is 2.87. The zero-order valence-corrected chi connectivity index (χ0v) is 14.5. The predicted molar refractivity (Wildman–Crippen MR) is 99.4 cm³/mol. The molecule has 0 aliphatic heterocycles. The second kappa shape index (κ2) is 8.20. The number of amides is 1. The molecule has 2 N–H and O–H groups in total. The Balaban J connectivity index is 1.63. The number of benzene rings is 1. The predicted octanol–water partition coefficient (Wildman–Crippen LogP) is 2.39. The van der Waals surface area contributed by atoms with Crippen molar-refractivity contribution in [2.24, 2.45) is 0 Å². The Morgan fingerprint density at radius 1 is 1.12 bits per heavy atom. The van der Waals surface area contributed by atoms with Crippen molar-refractivity contribution in [1.29, 1.82) is 0 Å². The van der Waals surface area contributed by atoms with E-state index >= 15 is 0 Å². The zero-order valence-electron chi connectivity index (χ0n) is 14.5. The Hall–Kier alpha value is -3.28. The standard InChI is InChI=1S/C20H20N4O2/c1-14-17(7-8-18(25)22-13-15-5-3-2-4-6-15)20(26)24-19(23-14)16-9-11-21-12-10-16/h2-6,9-12H,7-8,13H2,1H3,(H,22,25)(H,23,24,26). The van der Waals surface area contributed by atoms with E-state index in [0.29, 0.717) is 30.0 Å². The van der Waals surface area contributed by atoms with Gasteiger partial charge in [0.15, 0.2) is 0 Å². The highest BCUT2D eigenvalue weighted by Gasteiger charge is 2.11. The Kier molecular flexibility index (Phi) is 5.53. The molecule has 2 heterocycles. The van der Waals surface area contributed by atoms with Crippen LogP contribution in [0.5, 0.6) is 0 Å². The summed E-state index contributed by atoms with van der Waals surface area (Å²) in [6, 6.07) is 13.3. The Morgan fingerprint density at radius 3 is 2.54 bits per heavy atom. The molecule has 2 aromatic heterocycles. The normalized spacial score (nSPS) is 10.5. The number of carbonyl (C=O) groups excluding carboxylic acids is 1. The quantitative estimate of drug-likeness (QED) is 0.716. The highest BCUT2D eigenvalue weighted by Crippen LogP contribution is 2.13. The molecule has 0 radical (unpaired) electrons. The van der Waals surface area contributed by atoms with Crippen LogP contribution in [-0.2, 0) is 17.8 Å². The van der Waals surface area contributed by atoms with Crippen LogP contribution in [0.3, 0.4) is 0 Å². The molecule has 1 aromatic carbocycles. The van der Waals surface area contributed by atoms with Gasteiger partial charge >= 0.3 is 0 Å². The van der Waals surface area contributed by atoms with Crippen molar-refractivity contribution in [2.45, 2.75) is 26.3 Å². The molecule has 6 heteroatoms. The highest BCUT2D eigenvalue weighted by molar-refractivity contribution is 5.76. The summed E-state index contributed by atoms with van der Waals surface area (Å²) >= 11 is 0. The van der Waals surface area contributed by atoms with Gasteiger partial charge in [0.25, 0.3) is 5.56 Å². The third-order valence-corrected chi connectivity index (χ3v) is 4.11. The molecule has 6 nitrogen and oxygen atoms in total. The highest BCUT2D eigenvalue weighted by atomic mass is 16.1. The maximum Gasteiger partial charge on any atom is 0.254 e. The number of hydrogen-bond acceptors (Lipinski definition) is 4. The fourth-order valence-electron chi connectivity index (χ4n) is 2.67. The van der Waals surface area contributed by atoms with Crippen LogP contribution < -0.4 is 10.9 Å². The van der Waals surface area contributed by atoms with Crippen LogP contribution in [0.1, 0.15) is 23.2 Å². The van der Waals surface area contributed by atoms with Gasteiger partial charge in [0.1, 0.15) is 5.82 Å². The van der Waals surface area contributed by atoms with Crippen LogP contribution in [0, 0.1) is 6.92 Å². The van der Waals surface area contributed by atoms with Crippen LogP contribution in [-0.4, -0.2) is 20.9 Å². The van der Waals surface area contributed by atoms with E-state index in [0.717, 1.165) is 11.1 Å². The third kappa shape index (κ3) is 4.42. The fourth-order valence-corrected chi connectivity index (χ4v) is 2.67. The molecule has 0 unspecified atom stereocenters. The SMILES string of the molecule is Cc1nc(-c2ccncc2)[nH]c(=O)c1CCC(=O)NCc1ccccc1. The number of aryl methyl sites for hydroxylation is 1. The third-order valence-electron chi connectivity index (χ3n) is 4.11. The van der Waals surface area contributed by atoms with E-state index in [9.17, 15) is 9.59 Å². The molecule has 0 fully saturated rings. The molecule has 0 atom stereocenters. The smallest absolute Gasteiger partial charge is 0.254 e. The molecule has 132 valence electrons. The summed E-state index contributed by atoms with van der Waals surface area (Å²) < 4.78 is 0. The molecule has 0 spiro atoms. The topological polar surface area (TPSA) is 87.7 Å². The lowest BCUT2D eigenvalue weighted by molar-refractivity contribution is -0.121. The van der Waals surface area contributed by atoms with Crippen molar-refractivity contribution in [3.63, 3.8) is 0 Å². The average Bonchev–Trinajstić information content (AvgIpc) is 2.67. The number of rotatable bonds is 6. The lowest BCUT2D eigenvalue weighted by atomic mass is 10.1. The van der Waals surface area contributed by atoms with Crippen molar-refractivity contribution in [1.82, 2.24) is 20.3 Å².